The van der Waals surface area contributed by atoms with E-state index in [2.05, 4.69) is 5.32 Å². The molecule has 1 fully saturated rings. The number of nitrogens with one attached hydrogen (secondary N) is 1. The molecule has 104 valence electrons. The maximum Gasteiger partial charge on any atom is 0.326 e. The van der Waals surface area contributed by atoms with Gasteiger partial charge in [-0.25, -0.2) is 4.79 Å². The van der Waals surface area contributed by atoms with Gasteiger partial charge < -0.3 is 16.2 Å². The number of carbonyl (C=O) groups is 2. The van der Waals surface area contributed by atoms with Crippen molar-refractivity contribution in [3.8, 4) is 0 Å². The second-order valence-corrected chi connectivity index (χ2v) is 5.85. The van der Waals surface area contributed by atoms with E-state index in [1.807, 2.05) is 6.26 Å². The summed E-state index contributed by atoms with van der Waals surface area (Å²) in [6, 6.07) is -0.827. The molecular weight excluding hydrogens is 252 g/mol. The summed E-state index contributed by atoms with van der Waals surface area (Å²) in [5.74, 6) is -0.595. The Morgan fingerprint density at radius 2 is 2.00 bits per heavy atom. The maximum atomic E-state index is 12.1. The Balaban J connectivity index is 2.56. The molecule has 6 heteroatoms. The number of hydrogen-bond donors (Lipinski definition) is 3. The van der Waals surface area contributed by atoms with E-state index in [0.717, 1.165) is 19.3 Å². The smallest absolute Gasteiger partial charge is 0.326 e. The van der Waals surface area contributed by atoms with Gasteiger partial charge in [-0.1, -0.05) is 19.3 Å². The second-order valence-electron chi connectivity index (χ2n) is 4.86. The van der Waals surface area contributed by atoms with Gasteiger partial charge in [0.15, 0.2) is 0 Å². The first kappa shape index (κ1) is 15.3. The molecule has 4 N–H and O–H groups in total. The molecule has 0 spiro atoms. The number of nitrogens with two attached hydrogens (primary N) is 1. The van der Waals surface area contributed by atoms with Crippen LogP contribution >= 0.6 is 11.8 Å². The van der Waals surface area contributed by atoms with Crippen LogP contribution in [0.1, 0.15) is 38.5 Å². The highest BCUT2D eigenvalue weighted by Gasteiger charge is 2.37. The van der Waals surface area contributed by atoms with Gasteiger partial charge in [-0.15, -0.1) is 0 Å². The lowest BCUT2D eigenvalue weighted by molar-refractivity contribution is -0.143. The van der Waals surface area contributed by atoms with E-state index in [4.69, 9.17) is 10.8 Å². The van der Waals surface area contributed by atoms with E-state index in [-0.39, 0.29) is 5.91 Å². The number of aliphatic carboxylic acids is 1. The van der Waals surface area contributed by atoms with Crippen LogP contribution in [0.3, 0.4) is 0 Å². The first-order valence-corrected chi connectivity index (χ1v) is 7.70. The Morgan fingerprint density at radius 1 is 1.39 bits per heavy atom. The molecule has 0 heterocycles. The summed E-state index contributed by atoms with van der Waals surface area (Å²) in [4.78, 5) is 23.2. The van der Waals surface area contributed by atoms with Crippen molar-refractivity contribution in [3.63, 3.8) is 0 Å². The Hall–Kier alpha value is -0.750. The van der Waals surface area contributed by atoms with Crippen LogP contribution in [-0.2, 0) is 9.59 Å². The summed E-state index contributed by atoms with van der Waals surface area (Å²) in [5, 5.41) is 11.7. The predicted molar refractivity (Wildman–Crippen MR) is 72.6 cm³/mol. The van der Waals surface area contributed by atoms with E-state index in [1.54, 1.807) is 11.8 Å². The summed E-state index contributed by atoms with van der Waals surface area (Å²) < 4.78 is 0. The molecule has 1 amide bonds. The number of carbonyl (C=O) groups excluding carboxylic acids is 1. The third-order valence-corrected chi connectivity index (χ3v) is 4.06. The van der Waals surface area contributed by atoms with E-state index in [1.165, 1.54) is 0 Å². The van der Waals surface area contributed by atoms with Crippen molar-refractivity contribution < 1.29 is 14.7 Å². The van der Waals surface area contributed by atoms with Crippen LogP contribution in [0.4, 0.5) is 0 Å². The first-order chi connectivity index (χ1) is 8.49. The maximum absolute atomic E-state index is 12.1. The van der Waals surface area contributed by atoms with Gasteiger partial charge in [0.2, 0.25) is 5.91 Å². The summed E-state index contributed by atoms with van der Waals surface area (Å²) in [6.07, 6.45) is 6.60. The van der Waals surface area contributed by atoms with Gasteiger partial charge in [-0.05, 0) is 31.3 Å². The summed E-state index contributed by atoms with van der Waals surface area (Å²) in [7, 11) is 0. The molecule has 0 aromatic rings. The van der Waals surface area contributed by atoms with Gasteiger partial charge in [-0.2, -0.15) is 11.8 Å². The normalized spacial score (nSPS) is 20.1. The van der Waals surface area contributed by atoms with Crippen molar-refractivity contribution in [2.24, 2.45) is 5.73 Å². The quantitative estimate of drug-likeness (QED) is 0.671. The number of amides is 1. The van der Waals surface area contributed by atoms with Crippen LogP contribution < -0.4 is 11.1 Å². The molecule has 0 aromatic heterocycles. The molecule has 0 aliphatic heterocycles. The highest BCUT2D eigenvalue weighted by molar-refractivity contribution is 7.98. The third-order valence-electron chi connectivity index (χ3n) is 3.41. The fourth-order valence-electron chi connectivity index (χ4n) is 2.20. The zero-order valence-corrected chi connectivity index (χ0v) is 11.6. The minimum atomic E-state index is -0.989. The average Bonchev–Trinajstić information content (AvgIpc) is 2.34. The fourth-order valence-corrected chi connectivity index (χ4v) is 2.68. The monoisotopic (exact) mass is 274 g/mol. The molecule has 1 saturated carbocycles. The number of hydrogen-bond acceptors (Lipinski definition) is 4. The van der Waals surface area contributed by atoms with Crippen LogP contribution in [0.2, 0.25) is 0 Å². The lowest BCUT2D eigenvalue weighted by Crippen LogP contribution is -2.58. The highest BCUT2D eigenvalue weighted by atomic mass is 32.2. The van der Waals surface area contributed by atoms with Gasteiger partial charge in [0.25, 0.3) is 0 Å². The van der Waals surface area contributed by atoms with E-state index >= 15 is 0 Å². The Morgan fingerprint density at radius 3 is 2.50 bits per heavy atom. The Bertz CT molecular complexity index is 304. The fraction of sp³-hybridized carbons (Fsp3) is 0.833. The molecule has 0 radical (unpaired) electrons. The highest BCUT2D eigenvalue weighted by Crippen LogP contribution is 2.26. The standard InChI is InChI=1S/C12H22N2O3S/c1-18-8-5-9(10(15)16)14-11(17)12(13)6-3-2-4-7-12/h9H,2-8,13H2,1H3,(H,14,17)(H,15,16). The minimum Gasteiger partial charge on any atom is -0.480 e. The molecule has 0 saturated heterocycles. The third kappa shape index (κ3) is 4.17. The van der Waals surface area contributed by atoms with Crippen molar-refractivity contribution >= 4 is 23.6 Å². The molecule has 0 bridgehead atoms. The predicted octanol–water partition coefficient (Wildman–Crippen LogP) is 0.970. The van der Waals surface area contributed by atoms with Gasteiger partial charge in [-0.3, -0.25) is 4.79 Å². The minimum absolute atomic E-state index is 0.310. The molecule has 5 nitrogen and oxygen atoms in total. The second kappa shape index (κ2) is 6.99. The zero-order chi connectivity index (χ0) is 13.6. The Kier molecular flexibility index (Phi) is 5.95. The lowest BCUT2D eigenvalue weighted by Gasteiger charge is -2.32. The lowest BCUT2D eigenvalue weighted by atomic mass is 9.81. The van der Waals surface area contributed by atoms with Crippen molar-refractivity contribution in [2.45, 2.75) is 50.1 Å². The first-order valence-electron chi connectivity index (χ1n) is 6.31. The van der Waals surface area contributed by atoms with E-state index in [9.17, 15) is 9.59 Å². The van der Waals surface area contributed by atoms with Gasteiger partial charge in [0.05, 0.1) is 5.54 Å². The molecule has 1 unspecified atom stereocenters. The van der Waals surface area contributed by atoms with Crippen LogP contribution in [0.25, 0.3) is 0 Å². The summed E-state index contributed by atoms with van der Waals surface area (Å²) in [6.45, 7) is 0. The summed E-state index contributed by atoms with van der Waals surface area (Å²) >= 11 is 1.56. The van der Waals surface area contributed by atoms with Crippen molar-refractivity contribution in [1.82, 2.24) is 5.32 Å². The molecule has 1 aliphatic rings. The van der Waals surface area contributed by atoms with Crippen LogP contribution in [-0.4, -0.2) is 40.6 Å². The number of thioether (sulfide) groups is 1. The van der Waals surface area contributed by atoms with E-state index in [0.29, 0.717) is 25.0 Å². The molecule has 0 aromatic carbocycles. The average molecular weight is 274 g/mol. The van der Waals surface area contributed by atoms with Crippen LogP contribution in [0.5, 0.6) is 0 Å². The van der Waals surface area contributed by atoms with Crippen molar-refractivity contribution in [3.05, 3.63) is 0 Å². The largest absolute Gasteiger partial charge is 0.480 e. The van der Waals surface area contributed by atoms with Gasteiger partial charge >= 0.3 is 5.97 Å². The Labute approximate surface area is 112 Å². The van der Waals surface area contributed by atoms with Crippen LogP contribution in [0.15, 0.2) is 0 Å². The molecule has 18 heavy (non-hydrogen) atoms. The number of carboxylic acids is 1. The SMILES string of the molecule is CSCCC(NC(=O)C1(N)CCCCC1)C(=O)O. The molecule has 1 atom stereocenters. The van der Waals surface area contributed by atoms with Gasteiger partial charge in [0.1, 0.15) is 6.04 Å². The summed E-state index contributed by atoms with van der Waals surface area (Å²) in [5.41, 5.74) is 5.20. The topological polar surface area (TPSA) is 92.4 Å². The van der Waals surface area contributed by atoms with Crippen LogP contribution in [0, 0.1) is 0 Å². The molecular formula is C12H22N2O3S. The number of carboxylic acid groups (broad SMARTS) is 1. The van der Waals surface area contributed by atoms with E-state index < -0.39 is 17.6 Å². The number of rotatable bonds is 6. The van der Waals surface area contributed by atoms with Crippen molar-refractivity contribution in [1.29, 1.82) is 0 Å². The molecule has 1 aliphatic carbocycles. The van der Waals surface area contributed by atoms with Crippen molar-refractivity contribution in [2.75, 3.05) is 12.0 Å². The molecule has 1 rings (SSSR count). The zero-order valence-electron chi connectivity index (χ0n) is 10.8. The van der Waals surface area contributed by atoms with Gasteiger partial charge in [0, 0.05) is 0 Å².